The highest BCUT2D eigenvalue weighted by Crippen LogP contribution is 2.67. The van der Waals surface area contributed by atoms with Crippen LogP contribution in [0.15, 0.2) is 0 Å². The van der Waals surface area contributed by atoms with Crippen LogP contribution in [0.25, 0.3) is 0 Å². The average molecular weight is 326 g/mol. The van der Waals surface area contributed by atoms with Crippen LogP contribution >= 0.6 is 0 Å². The number of ether oxygens (including phenoxy) is 1. The molecule has 0 aromatic carbocycles. The Labute approximate surface area is 140 Å². The lowest BCUT2D eigenvalue weighted by atomic mass is 9.43. The second kappa shape index (κ2) is 5.42. The van der Waals surface area contributed by atoms with Gasteiger partial charge in [0.05, 0.1) is 30.5 Å². The van der Waals surface area contributed by atoms with Gasteiger partial charge in [0.1, 0.15) is 0 Å². The van der Waals surface area contributed by atoms with Gasteiger partial charge in [0.25, 0.3) is 0 Å². The fourth-order valence-corrected chi connectivity index (χ4v) is 6.34. The van der Waals surface area contributed by atoms with Gasteiger partial charge >= 0.3 is 0 Å². The third-order valence-electron chi connectivity index (χ3n) is 8.04. The first-order chi connectivity index (χ1) is 10.7. The third-order valence-corrected chi connectivity index (χ3v) is 8.04. The van der Waals surface area contributed by atoms with Crippen molar-refractivity contribution in [3.05, 3.63) is 0 Å². The molecule has 4 heteroatoms. The summed E-state index contributed by atoms with van der Waals surface area (Å²) in [6, 6.07) is 0. The summed E-state index contributed by atoms with van der Waals surface area (Å²) < 4.78 is 6.67. The molecule has 0 amide bonds. The highest BCUT2D eigenvalue weighted by molar-refractivity contribution is 5.17. The van der Waals surface area contributed by atoms with E-state index in [1.165, 1.54) is 0 Å². The molecule has 1 aliphatic heterocycles. The molecular formula is C19H34O4. The van der Waals surface area contributed by atoms with Gasteiger partial charge in [-0.2, -0.15) is 0 Å². The maximum atomic E-state index is 10.6. The van der Waals surface area contributed by atoms with Gasteiger partial charge in [-0.1, -0.05) is 20.8 Å². The van der Waals surface area contributed by atoms with Crippen LogP contribution in [0.3, 0.4) is 0 Å². The van der Waals surface area contributed by atoms with E-state index in [0.29, 0.717) is 5.92 Å². The maximum absolute atomic E-state index is 10.6. The minimum absolute atomic E-state index is 0.0240. The van der Waals surface area contributed by atoms with E-state index in [0.717, 1.165) is 38.5 Å². The highest BCUT2D eigenvalue weighted by Gasteiger charge is 2.68. The average Bonchev–Trinajstić information content (AvgIpc) is 2.90. The Kier molecular flexibility index (Phi) is 4.16. The van der Waals surface area contributed by atoms with Crippen LogP contribution in [-0.4, -0.2) is 45.8 Å². The van der Waals surface area contributed by atoms with Crippen LogP contribution < -0.4 is 0 Å². The zero-order valence-corrected chi connectivity index (χ0v) is 15.1. The van der Waals surface area contributed by atoms with Gasteiger partial charge in [-0.3, -0.25) is 0 Å². The van der Waals surface area contributed by atoms with Gasteiger partial charge in [0.15, 0.2) is 0 Å². The Hall–Kier alpha value is -0.160. The van der Waals surface area contributed by atoms with Crippen LogP contribution in [0.2, 0.25) is 0 Å². The van der Waals surface area contributed by atoms with Crippen molar-refractivity contribution in [2.75, 3.05) is 13.2 Å². The maximum Gasteiger partial charge on any atom is 0.0893 e. The first-order valence-electron chi connectivity index (χ1n) is 9.27. The Balaban J connectivity index is 2.04. The molecule has 3 aliphatic rings. The summed E-state index contributed by atoms with van der Waals surface area (Å²) in [6.45, 7) is 8.74. The Morgan fingerprint density at radius 3 is 2.22 bits per heavy atom. The molecule has 2 aliphatic carbocycles. The molecule has 23 heavy (non-hydrogen) atoms. The van der Waals surface area contributed by atoms with Gasteiger partial charge in [0, 0.05) is 10.8 Å². The normalized spacial score (nSPS) is 56.7. The molecule has 2 saturated carbocycles. The van der Waals surface area contributed by atoms with Crippen molar-refractivity contribution in [3.63, 3.8) is 0 Å². The highest BCUT2D eigenvalue weighted by atomic mass is 16.5. The van der Waals surface area contributed by atoms with Crippen LogP contribution in [0.1, 0.15) is 66.2 Å². The molecule has 3 fully saturated rings. The summed E-state index contributed by atoms with van der Waals surface area (Å²) in [5.74, 6) is 0.691. The SMILES string of the molecule is C[C@@H]1CC[C@@H]2[C@](C)(CO)[C@@H](O)CC[C@]2(C)[C@@]12CC[C@@](C)(CO)O2. The van der Waals surface area contributed by atoms with Crippen molar-refractivity contribution in [1.82, 2.24) is 0 Å². The van der Waals surface area contributed by atoms with Crippen molar-refractivity contribution in [3.8, 4) is 0 Å². The zero-order chi connectivity index (χ0) is 17.1. The lowest BCUT2D eigenvalue weighted by Gasteiger charge is -2.65. The minimum atomic E-state index is -0.457. The molecule has 7 atom stereocenters. The van der Waals surface area contributed by atoms with Crippen LogP contribution in [0.5, 0.6) is 0 Å². The van der Waals surface area contributed by atoms with Crippen molar-refractivity contribution < 1.29 is 20.1 Å². The second-order valence-electron chi connectivity index (χ2n) is 9.27. The molecule has 1 spiro atoms. The molecule has 134 valence electrons. The summed E-state index contributed by atoms with van der Waals surface area (Å²) in [5, 5.41) is 30.5. The molecule has 4 nitrogen and oxygen atoms in total. The van der Waals surface area contributed by atoms with Crippen molar-refractivity contribution in [1.29, 1.82) is 0 Å². The van der Waals surface area contributed by atoms with Gasteiger partial charge in [-0.15, -0.1) is 0 Å². The van der Waals surface area contributed by atoms with Gasteiger partial charge < -0.3 is 20.1 Å². The summed E-state index contributed by atoms with van der Waals surface area (Å²) in [5.41, 5.74) is -1.22. The standard InChI is InChI=1S/C19H34O4/c1-13-5-6-14-17(3,12-21)15(22)7-8-18(14,4)19(13)10-9-16(2,11-20)23-19/h13-15,20-22H,5-12H2,1-4H3/t13-,14-,15+,16+,17+,18+,19-/m1/s1. The molecule has 0 aromatic heterocycles. The van der Waals surface area contributed by atoms with Gasteiger partial charge in [0.2, 0.25) is 0 Å². The molecule has 0 radical (unpaired) electrons. The second-order valence-corrected chi connectivity index (χ2v) is 9.27. The molecule has 0 unspecified atom stereocenters. The van der Waals surface area contributed by atoms with Crippen molar-refractivity contribution in [2.45, 2.75) is 83.5 Å². The summed E-state index contributed by atoms with van der Waals surface area (Å²) >= 11 is 0. The summed E-state index contributed by atoms with van der Waals surface area (Å²) in [6.07, 6.45) is 5.15. The van der Waals surface area contributed by atoms with Crippen molar-refractivity contribution >= 4 is 0 Å². The molecule has 1 heterocycles. The Morgan fingerprint density at radius 2 is 1.65 bits per heavy atom. The molecule has 1 saturated heterocycles. The fraction of sp³-hybridized carbons (Fsp3) is 1.00. The number of fused-ring (bicyclic) bond motifs is 2. The van der Waals surface area contributed by atoms with Crippen LogP contribution in [0, 0.1) is 22.7 Å². The Bertz CT molecular complexity index is 468. The number of rotatable bonds is 2. The first-order valence-corrected chi connectivity index (χ1v) is 9.27. The van der Waals surface area contributed by atoms with Gasteiger partial charge in [-0.05, 0) is 57.3 Å². The predicted molar refractivity (Wildman–Crippen MR) is 89.0 cm³/mol. The molecule has 0 aromatic rings. The number of aliphatic hydroxyl groups is 3. The largest absolute Gasteiger partial charge is 0.396 e. The smallest absolute Gasteiger partial charge is 0.0893 e. The van der Waals surface area contributed by atoms with E-state index in [-0.39, 0.29) is 30.1 Å². The zero-order valence-electron chi connectivity index (χ0n) is 15.1. The molecule has 3 rings (SSSR count). The molecular weight excluding hydrogens is 292 g/mol. The molecule has 3 N–H and O–H groups in total. The summed E-state index contributed by atoms with van der Waals surface area (Å²) in [7, 11) is 0. The number of hydrogen-bond acceptors (Lipinski definition) is 4. The first kappa shape index (κ1) is 17.7. The van der Waals surface area contributed by atoms with E-state index in [1.54, 1.807) is 0 Å². The lowest BCUT2D eigenvalue weighted by molar-refractivity contribution is -0.268. The van der Waals surface area contributed by atoms with Crippen molar-refractivity contribution in [2.24, 2.45) is 22.7 Å². The van der Waals surface area contributed by atoms with E-state index >= 15 is 0 Å². The Morgan fingerprint density at radius 1 is 0.957 bits per heavy atom. The predicted octanol–water partition coefficient (Wildman–Crippen LogP) is 2.49. The van der Waals surface area contributed by atoms with E-state index in [2.05, 4.69) is 13.8 Å². The van der Waals surface area contributed by atoms with E-state index in [4.69, 9.17) is 4.74 Å². The fourth-order valence-electron chi connectivity index (χ4n) is 6.34. The van der Waals surface area contributed by atoms with Gasteiger partial charge in [-0.25, -0.2) is 0 Å². The van der Waals surface area contributed by atoms with Crippen LogP contribution in [-0.2, 0) is 4.74 Å². The number of hydrogen-bond donors (Lipinski definition) is 3. The van der Waals surface area contributed by atoms with E-state index in [9.17, 15) is 15.3 Å². The summed E-state index contributed by atoms with van der Waals surface area (Å²) in [4.78, 5) is 0. The van der Waals surface area contributed by atoms with E-state index < -0.39 is 17.1 Å². The topological polar surface area (TPSA) is 69.9 Å². The third kappa shape index (κ3) is 2.18. The minimum Gasteiger partial charge on any atom is -0.396 e. The van der Waals surface area contributed by atoms with E-state index in [1.807, 2.05) is 13.8 Å². The molecule has 0 bridgehead atoms. The lowest BCUT2D eigenvalue weighted by Crippen LogP contribution is -2.66. The monoisotopic (exact) mass is 326 g/mol. The number of aliphatic hydroxyl groups excluding tert-OH is 3. The van der Waals surface area contributed by atoms with Crippen LogP contribution in [0.4, 0.5) is 0 Å². The quantitative estimate of drug-likeness (QED) is 0.729.